The number of likely N-dealkylation sites (tertiary alicyclic amines) is 1. The predicted molar refractivity (Wildman–Crippen MR) is 102 cm³/mol. The van der Waals surface area contributed by atoms with Crippen LogP contribution >= 0.6 is 0 Å². The molecular weight excluding hydrogens is 341 g/mol. The Balaban J connectivity index is 1.58. The largest absolute Gasteiger partial charge is 0.331 e. The van der Waals surface area contributed by atoms with Gasteiger partial charge in [-0.3, -0.25) is 9.78 Å². The van der Waals surface area contributed by atoms with Crippen molar-refractivity contribution in [3.8, 4) is 0 Å². The standard InChI is InChI=1S/C22H20FN3O/c23-16-5-1-4-14(10-16)21-19-12-24-11-15(19)13-26(21)22(27)18-6-2-8-20-17(18)7-3-9-25-20/h1-10,15,19,21,24H,11-13H2/t15-,19-,21+/m0/s1. The molecule has 5 heteroatoms. The fourth-order valence-electron chi connectivity index (χ4n) is 4.69. The molecule has 0 aliphatic carbocycles. The molecule has 2 saturated heterocycles. The van der Waals surface area contributed by atoms with E-state index in [0.29, 0.717) is 23.9 Å². The van der Waals surface area contributed by atoms with Crippen LogP contribution in [-0.2, 0) is 0 Å². The third kappa shape index (κ3) is 2.70. The fraction of sp³-hybridized carbons (Fsp3) is 0.273. The lowest BCUT2D eigenvalue weighted by atomic mass is 9.89. The second kappa shape index (κ2) is 6.43. The van der Waals surface area contributed by atoms with Gasteiger partial charge >= 0.3 is 0 Å². The van der Waals surface area contributed by atoms with Crippen LogP contribution in [0.4, 0.5) is 4.39 Å². The van der Waals surface area contributed by atoms with Gasteiger partial charge in [0.1, 0.15) is 5.82 Å². The van der Waals surface area contributed by atoms with Crippen molar-refractivity contribution in [1.29, 1.82) is 0 Å². The lowest BCUT2D eigenvalue weighted by Gasteiger charge is -2.29. The van der Waals surface area contributed by atoms with Crippen molar-refractivity contribution < 1.29 is 9.18 Å². The zero-order valence-electron chi connectivity index (χ0n) is 14.8. The molecule has 0 spiro atoms. The number of aromatic nitrogens is 1. The monoisotopic (exact) mass is 361 g/mol. The van der Waals surface area contributed by atoms with E-state index in [2.05, 4.69) is 10.3 Å². The van der Waals surface area contributed by atoms with Crippen molar-refractivity contribution in [3.05, 3.63) is 77.7 Å². The van der Waals surface area contributed by atoms with Crippen LogP contribution in [0.25, 0.3) is 10.9 Å². The van der Waals surface area contributed by atoms with Crippen molar-refractivity contribution in [2.45, 2.75) is 6.04 Å². The number of pyridine rings is 1. The first-order valence-corrected chi connectivity index (χ1v) is 9.33. The number of fused-ring (bicyclic) bond motifs is 2. The molecule has 1 aromatic heterocycles. The number of amides is 1. The number of carbonyl (C=O) groups is 1. The summed E-state index contributed by atoms with van der Waals surface area (Å²) in [5.41, 5.74) is 2.35. The Labute approximate surface area is 157 Å². The van der Waals surface area contributed by atoms with Gasteiger partial charge in [0.25, 0.3) is 5.91 Å². The summed E-state index contributed by atoms with van der Waals surface area (Å²) in [6, 6.07) is 16.0. The number of benzene rings is 2. The predicted octanol–water partition coefficient (Wildman–Crippen LogP) is 3.41. The van der Waals surface area contributed by atoms with Gasteiger partial charge in [0.2, 0.25) is 0 Å². The number of nitrogens with zero attached hydrogens (tertiary/aromatic N) is 2. The molecule has 4 nitrogen and oxygen atoms in total. The van der Waals surface area contributed by atoms with Gasteiger partial charge in [-0.1, -0.05) is 24.3 Å². The number of nitrogens with one attached hydrogen (secondary N) is 1. The molecule has 0 saturated carbocycles. The highest BCUT2D eigenvalue weighted by Crippen LogP contribution is 2.43. The average molecular weight is 361 g/mol. The van der Waals surface area contributed by atoms with Crippen LogP contribution in [0.1, 0.15) is 22.0 Å². The third-order valence-electron chi connectivity index (χ3n) is 5.89. The fourth-order valence-corrected chi connectivity index (χ4v) is 4.69. The van der Waals surface area contributed by atoms with Gasteiger partial charge in [-0.25, -0.2) is 4.39 Å². The summed E-state index contributed by atoms with van der Waals surface area (Å²) in [5.74, 6) is 0.445. The van der Waals surface area contributed by atoms with Crippen molar-refractivity contribution in [2.24, 2.45) is 11.8 Å². The highest BCUT2D eigenvalue weighted by Gasteiger charge is 2.47. The topological polar surface area (TPSA) is 45.2 Å². The molecule has 2 aliphatic heterocycles. The van der Waals surface area contributed by atoms with E-state index < -0.39 is 0 Å². The first-order chi connectivity index (χ1) is 13.2. The van der Waals surface area contributed by atoms with Crippen LogP contribution in [0.2, 0.25) is 0 Å². The molecule has 136 valence electrons. The molecule has 2 fully saturated rings. The normalized spacial score (nSPS) is 24.3. The number of carbonyl (C=O) groups excluding carboxylic acids is 1. The first-order valence-electron chi connectivity index (χ1n) is 9.33. The van der Waals surface area contributed by atoms with Gasteiger partial charge in [-0.2, -0.15) is 0 Å². The molecule has 3 aromatic rings. The van der Waals surface area contributed by atoms with E-state index >= 15 is 0 Å². The second-order valence-corrected chi connectivity index (χ2v) is 7.42. The van der Waals surface area contributed by atoms with Gasteiger partial charge in [0, 0.05) is 42.7 Å². The number of hydrogen-bond acceptors (Lipinski definition) is 3. The molecule has 3 heterocycles. The minimum Gasteiger partial charge on any atom is -0.331 e. The Kier molecular flexibility index (Phi) is 3.90. The molecule has 2 aliphatic rings. The summed E-state index contributed by atoms with van der Waals surface area (Å²) in [5, 5.41) is 4.29. The highest BCUT2D eigenvalue weighted by molar-refractivity contribution is 6.06. The maximum atomic E-state index is 13.9. The summed E-state index contributed by atoms with van der Waals surface area (Å²) in [7, 11) is 0. The highest BCUT2D eigenvalue weighted by atomic mass is 19.1. The molecule has 0 radical (unpaired) electrons. The summed E-state index contributed by atoms with van der Waals surface area (Å²) in [6.07, 6.45) is 1.73. The summed E-state index contributed by atoms with van der Waals surface area (Å²) >= 11 is 0. The van der Waals surface area contributed by atoms with E-state index in [-0.39, 0.29) is 17.8 Å². The van der Waals surface area contributed by atoms with Crippen LogP contribution in [0.15, 0.2) is 60.8 Å². The van der Waals surface area contributed by atoms with Crippen LogP contribution < -0.4 is 5.32 Å². The van der Waals surface area contributed by atoms with Crippen LogP contribution in [-0.4, -0.2) is 35.4 Å². The first kappa shape index (κ1) is 16.4. The van der Waals surface area contributed by atoms with Gasteiger partial charge in [-0.05, 0) is 41.8 Å². The van der Waals surface area contributed by atoms with E-state index in [9.17, 15) is 9.18 Å². The summed E-state index contributed by atoms with van der Waals surface area (Å²) in [6.45, 7) is 2.44. The van der Waals surface area contributed by atoms with E-state index in [1.807, 2.05) is 41.3 Å². The number of hydrogen-bond donors (Lipinski definition) is 1. The van der Waals surface area contributed by atoms with Crippen LogP contribution in [0, 0.1) is 17.7 Å². The van der Waals surface area contributed by atoms with Gasteiger partial charge in [-0.15, -0.1) is 0 Å². The van der Waals surface area contributed by atoms with Gasteiger partial charge in [0.05, 0.1) is 11.6 Å². The Morgan fingerprint density at radius 3 is 2.89 bits per heavy atom. The van der Waals surface area contributed by atoms with E-state index in [4.69, 9.17) is 0 Å². The summed E-state index contributed by atoms with van der Waals surface area (Å²) in [4.78, 5) is 19.8. The quantitative estimate of drug-likeness (QED) is 0.761. The van der Waals surface area contributed by atoms with Crippen LogP contribution in [0.5, 0.6) is 0 Å². The average Bonchev–Trinajstić information content (AvgIpc) is 3.28. The molecule has 0 bridgehead atoms. The Morgan fingerprint density at radius 2 is 2.00 bits per heavy atom. The van der Waals surface area contributed by atoms with E-state index in [1.54, 1.807) is 18.3 Å². The molecule has 3 atom stereocenters. The van der Waals surface area contributed by atoms with Crippen molar-refractivity contribution in [2.75, 3.05) is 19.6 Å². The molecular formula is C22H20FN3O. The molecule has 2 aromatic carbocycles. The SMILES string of the molecule is O=C(c1cccc2ncccc12)N1C[C@@H]2CNC[C@@H]2[C@H]1c1cccc(F)c1. The third-order valence-corrected chi connectivity index (χ3v) is 5.89. The molecule has 0 unspecified atom stereocenters. The van der Waals surface area contributed by atoms with Gasteiger partial charge < -0.3 is 10.2 Å². The second-order valence-electron chi connectivity index (χ2n) is 7.42. The minimum absolute atomic E-state index is 0.00254. The van der Waals surface area contributed by atoms with Crippen LogP contribution in [0.3, 0.4) is 0 Å². The van der Waals surface area contributed by atoms with Crippen molar-refractivity contribution >= 4 is 16.8 Å². The Morgan fingerprint density at radius 1 is 1.11 bits per heavy atom. The van der Waals surface area contributed by atoms with Crippen molar-refractivity contribution in [1.82, 2.24) is 15.2 Å². The zero-order chi connectivity index (χ0) is 18.4. The Bertz CT molecular complexity index is 1020. The number of rotatable bonds is 2. The van der Waals surface area contributed by atoms with Crippen molar-refractivity contribution in [3.63, 3.8) is 0 Å². The molecule has 5 rings (SSSR count). The smallest absolute Gasteiger partial charge is 0.255 e. The Hall–Kier alpha value is -2.79. The lowest BCUT2D eigenvalue weighted by Crippen LogP contribution is -2.34. The maximum Gasteiger partial charge on any atom is 0.255 e. The molecule has 1 amide bonds. The minimum atomic E-state index is -0.260. The number of halogens is 1. The van der Waals surface area contributed by atoms with Gasteiger partial charge in [0.15, 0.2) is 0 Å². The summed E-state index contributed by atoms with van der Waals surface area (Å²) < 4.78 is 13.9. The zero-order valence-corrected chi connectivity index (χ0v) is 14.8. The molecule has 1 N–H and O–H groups in total. The maximum absolute atomic E-state index is 13.9. The van der Waals surface area contributed by atoms with E-state index in [0.717, 1.165) is 29.6 Å². The molecule has 27 heavy (non-hydrogen) atoms. The lowest BCUT2D eigenvalue weighted by molar-refractivity contribution is 0.0716. The van der Waals surface area contributed by atoms with E-state index in [1.165, 1.54) is 6.07 Å².